The van der Waals surface area contributed by atoms with Gasteiger partial charge in [-0.1, -0.05) is 0 Å². The highest BCUT2D eigenvalue weighted by Gasteiger charge is 2.41. The Labute approximate surface area is 108 Å². The molecule has 0 bridgehead atoms. The number of carboxylic acids is 1. The molecule has 0 unspecified atom stereocenters. The number of rotatable bonds is 4. The molecule has 8 nitrogen and oxygen atoms in total. The van der Waals surface area contributed by atoms with Gasteiger partial charge in [0.15, 0.2) is 0 Å². The number of nitrogens with one attached hydrogen (secondary N) is 1. The number of anilines is 1. The van der Waals surface area contributed by atoms with Crippen molar-refractivity contribution >= 4 is 17.5 Å². The van der Waals surface area contributed by atoms with Crippen molar-refractivity contribution in [1.82, 2.24) is 4.98 Å². The van der Waals surface area contributed by atoms with Gasteiger partial charge in [-0.2, -0.15) is 0 Å². The summed E-state index contributed by atoms with van der Waals surface area (Å²) in [6.07, 6.45) is 1.84. The molecule has 1 fully saturated rings. The first-order chi connectivity index (χ1) is 9.05. The summed E-state index contributed by atoms with van der Waals surface area (Å²) >= 11 is 0. The zero-order valence-corrected chi connectivity index (χ0v) is 10.0. The molecule has 0 spiro atoms. The van der Waals surface area contributed by atoms with Crippen molar-refractivity contribution in [2.24, 2.45) is 0 Å². The summed E-state index contributed by atoms with van der Waals surface area (Å²) < 4.78 is 5.13. The van der Waals surface area contributed by atoms with E-state index in [-0.39, 0.29) is 24.3 Å². The third kappa shape index (κ3) is 2.63. The number of aromatic nitrogens is 1. The van der Waals surface area contributed by atoms with Crippen LogP contribution < -0.4 is 5.32 Å². The van der Waals surface area contributed by atoms with E-state index < -0.39 is 16.4 Å². The lowest BCUT2D eigenvalue weighted by Gasteiger charge is -2.34. The van der Waals surface area contributed by atoms with Crippen LogP contribution in [0.3, 0.4) is 0 Å². The number of ether oxygens (including phenoxy) is 1. The molecule has 0 radical (unpaired) electrons. The minimum Gasteiger partial charge on any atom is -0.480 e. The van der Waals surface area contributed by atoms with E-state index in [0.29, 0.717) is 13.2 Å². The number of nitrogens with zero attached hydrogens (tertiary/aromatic N) is 2. The molecule has 0 atom stereocenters. The van der Waals surface area contributed by atoms with Crippen LogP contribution in [0.4, 0.5) is 11.5 Å². The van der Waals surface area contributed by atoms with E-state index in [9.17, 15) is 20.0 Å². The number of carboxylic acid groups (broad SMARTS) is 1. The van der Waals surface area contributed by atoms with Gasteiger partial charge in [-0.15, -0.1) is 0 Å². The first kappa shape index (κ1) is 13.2. The van der Waals surface area contributed by atoms with Crippen molar-refractivity contribution in [3.05, 3.63) is 28.4 Å². The highest BCUT2D eigenvalue weighted by molar-refractivity contribution is 5.83. The van der Waals surface area contributed by atoms with Crippen molar-refractivity contribution in [3.63, 3.8) is 0 Å². The monoisotopic (exact) mass is 267 g/mol. The third-order valence-corrected chi connectivity index (χ3v) is 3.10. The largest absolute Gasteiger partial charge is 0.480 e. The summed E-state index contributed by atoms with van der Waals surface area (Å²) in [7, 11) is 0. The zero-order valence-electron chi connectivity index (χ0n) is 10.0. The molecule has 1 saturated heterocycles. The van der Waals surface area contributed by atoms with Crippen LogP contribution >= 0.6 is 0 Å². The van der Waals surface area contributed by atoms with Crippen molar-refractivity contribution in [2.75, 3.05) is 18.5 Å². The average Bonchev–Trinajstić information content (AvgIpc) is 2.40. The number of aliphatic carboxylic acids is 1. The van der Waals surface area contributed by atoms with Crippen LogP contribution in [0.5, 0.6) is 0 Å². The number of hydrogen-bond acceptors (Lipinski definition) is 6. The second kappa shape index (κ2) is 5.19. The maximum Gasteiger partial charge on any atom is 0.329 e. The number of nitro groups is 1. The van der Waals surface area contributed by atoms with Crippen LogP contribution in [0.1, 0.15) is 12.8 Å². The van der Waals surface area contributed by atoms with Gasteiger partial charge >= 0.3 is 11.7 Å². The molecule has 8 heteroatoms. The Morgan fingerprint density at radius 1 is 1.53 bits per heavy atom. The Kier molecular flexibility index (Phi) is 3.61. The highest BCUT2D eigenvalue weighted by atomic mass is 16.6. The van der Waals surface area contributed by atoms with E-state index >= 15 is 0 Å². The smallest absolute Gasteiger partial charge is 0.329 e. The number of pyridine rings is 1. The fourth-order valence-electron chi connectivity index (χ4n) is 1.98. The lowest BCUT2D eigenvalue weighted by atomic mass is 9.90. The molecule has 0 aliphatic carbocycles. The molecule has 1 aromatic heterocycles. The molecule has 2 rings (SSSR count). The van der Waals surface area contributed by atoms with Crippen LogP contribution in [-0.4, -0.2) is 39.7 Å². The van der Waals surface area contributed by atoms with Gasteiger partial charge in [-0.05, 0) is 6.07 Å². The van der Waals surface area contributed by atoms with Gasteiger partial charge < -0.3 is 15.2 Å². The van der Waals surface area contributed by atoms with Gasteiger partial charge in [-0.3, -0.25) is 10.1 Å². The molecule has 1 aliphatic heterocycles. The molecule has 0 amide bonds. The maximum atomic E-state index is 11.4. The Morgan fingerprint density at radius 3 is 2.79 bits per heavy atom. The van der Waals surface area contributed by atoms with E-state index in [1.807, 2.05) is 0 Å². The standard InChI is InChI=1S/C11H13N3O5/c15-10(16)11(3-6-19-7-4-11)13-9-8(14(17)18)2-1-5-12-9/h1-2,5H,3-4,6-7H2,(H,12,13)(H,15,16). The Balaban J connectivity index is 2.32. The average molecular weight is 267 g/mol. The second-order valence-corrected chi connectivity index (χ2v) is 4.25. The SMILES string of the molecule is O=C(O)C1(Nc2ncccc2[N+](=O)[O-])CCOCC1. The molecular formula is C11H13N3O5. The van der Waals surface area contributed by atoms with Crippen molar-refractivity contribution in [2.45, 2.75) is 18.4 Å². The Bertz CT molecular complexity index is 499. The van der Waals surface area contributed by atoms with E-state index in [1.54, 1.807) is 0 Å². The first-order valence-corrected chi connectivity index (χ1v) is 5.74. The maximum absolute atomic E-state index is 11.4. The molecule has 0 aromatic carbocycles. The Morgan fingerprint density at radius 2 is 2.21 bits per heavy atom. The molecule has 2 N–H and O–H groups in total. The van der Waals surface area contributed by atoms with Crippen molar-refractivity contribution in [1.29, 1.82) is 0 Å². The first-order valence-electron chi connectivity index (χ1n) is 5.74. The second-order valence-electron chi connectivity index (χ2n) is 4.25. The fraction of sp³-hybridized carbons (Fsp3) is 0.455. The topological polar surface area (TPSA) is 115 Å². The van der Waals surface area contributed by atoms with Crippen LogP contribution in [-0.2, 0) is 9.53 Å². The van der Waals surface area contributed by atoms with Crippen LogP contribution in [0.15, 0.2) is 18.3 Å². The van der Waals surface area contributed by atoms with Gasteiger partial charge in [0.1, 0.15) is 5.54 Å². The number of carbonyl (C=O) groups is 1. The van der Waals surface area contributed by atoms with Crippen LogP contribution in [0, 0.1) is 10.1 Å². The normalized spacial score (nSPS) is 17.7. The molecule has 1 aliphatic rings. The molecule has 19 heavy (non-hydrogen) atoms. The zero-order chi connectivity index (χ0) is 13.9. The van der Waals surface area contributed by atoms with E-state index in [4.69, 9.17) is 4.74 Å². The van der Waals surface area contributed by atoms with Crippen molar-refractivity contribution < 1.29 is 19.6 Å². The van der Waals surface area contributed by atoms with Crippen LogP contribution in [0.2, 0.25) is 0 Å². The van der Waals surface area contributed by atoms with E-state index in [0.717, 1.165) is 0 Å². The van der Waals surface area contributed by atoms with Crippen molar-refractivity contribution in [3.8, 4) is 0 Å². The quantitative estimate of drug-likeness (QED) is 0.618. The summed E-state index contributed by atoms with van der Waals surface area (Å²) in [6, 6.07) is 2.71. The van der Waals surface area contributed by atoms with Gasteiger partial charge in [0, 0.05) is 38.3 Å². The fourth-order valence-corrected chi connectivity index (χ4v) is 1.98. The lowest BCUT2D eigenvalue weighted by molar-refractivity contribution is -0.384. The van der Waals surface area contributed by atoms with E-state index in [1.165, 1.54) is 18.3 Å². The summed E-state index contributed by atoms with van der Waals surface area (Å²) in [6.45, 7) is 0.583. The summed E-state index contributed by atoms with van der Waals surface area (Å²) in [5, 5.41) is 23.0. The Hall–Kier alpha value is -2.22. The summed E-state index contributed by atoms with van der Waals surface area (Å²) in [5.41, 5.74) is -1.51. The molecular weight excluding hydrogens is 254 g/mol. The van der Waals surface area contributed by atoms with Gasteiger partial charge in [0.2, 0.25) is 5.82 Å². The summed E-state index contributed by atoms with van der Waals surface area (Å²) in [4.78, 5) is 25.6. The number of hydrogen-bond donors (Lipinski definition) is 2. The predicted octanol–water partition coefficient (Wildman–Crippen LogP) is 1.04. The predicted molar refractivity (Wildman–Crippen MR) is 64.9 cm³/mol. The minimum absolute atomic E-state index is 0.0307. The van der Waals surface area contributed by atoms with Gasteiger partial charge in [-0.25, -0.2) is 9.78 Å². The minimum atomic E-state index is -1.27. The van der Waals surface area contributed by atoms with Gasteiger partial charge in [0.05, 0.1) is 4.92 Å². The molecule has 1 aromatic rings. The molecule has 2 heterocycles. The molecule has 102 valence electrons. The van der Waals surface area contributed by atoms with E-state index in [2.05, 4.69) is 10.3 Å². The lowest BCUT2D eigenvalue weighted by Crippen LogP contribution is -2.50. The summed E-state index contributed by atoms with van der Waals surface area (Å²) in [5.74, 6) is -1.09. The third-order valence-electron chi connectivity index (χ3n) is 3.10. The van der Waals surface area contributed by atoms with Gasteiger partial charge in [0.25, 0.3) is 0 Å². The van der Waals surface area contributed by atoms with Crippen LogP contribution in [0.25, 0.3) is 0 Å². The molecule has 0 saturated carbocycles. The highest BCUT2D eigenvalue weighted by Crippen LogP contribution is 2.29.